The molecule has 4 aliphatic carbocycles. The summed E-state index contributed by atoms with van der Waals surface area (Å²) in [6.07, 6.45) is 16.5. The van der Waals surface area contributed by atoms with Gasteiger partial charge in [-0.3, -0.25) is 4.18 Å². The van der Waals surface area contributed by atoms with Crippen LogP contribution >= 0.6 is 0 Å². The molecule has 0 heterocycles. The fraction of sp³-hybridized carbons (Fsp3) is 0.714. The Balaban J connectivity index is 1.29. The molecule has 216 valence electrons. The topological polar surface area (TPSA) is 43.4 Å². The molecule has 1 aromatic carbocycles. The molecule has 3 fully saturated rings. The first-order valence-corrected chi connectivity index (χ1v) is 17.1. The Morgan fingerprint density at radius 3 is 2.26 bits per heavy atom. The van der Waals surface area contributed by atoms with Gasteiger partial charge >= 0.3 is 0 Å². The fourth-order valence-corrected chi connectivity index (χ4v) is 10.2. The van der Waals surface area contributed by atoms with Crippen molar-refractivity contribution in [3.8, 4) is 0 Å². The van der Waals surface area contributed by atoms with Gasteiger partial charge in [-0.25, -0.2) is 0 Å². The smallest absolute Gasteiger partial charge is 0.263 e. The zero-order valence-electron chi connectivity index (χ0n) is 25.5. The van der Waals surface area contributed by atoms with Gasteiger partial charge in [-0.2, -0.15) is 8.42 Å². The van der Waals surface area contributed by atoms with E-state index in [1.165, 1.54) is 25.7 Å². The number of allylic oxidation sites excluding steroid dienone is 4. The number of aryl methyl sites for hydroxylation is 1. The van der Waals surface area contributed by atoms with Crippen LogP contribution in [-0.4, -0.2) is 14.5 Å². The first kappa shape index (κ1) is 29.1. The third kappa shape index (κ3) is 5.34. The second-order valence-electron chi connectivity index (χ2n) is 14.6. The van der Waals surface area contributed by atoms with E-state index in [-0.39, 0.29) is 16.4 Å². The molecular formula is C35H52O3S. The van der Waals surface area contributed by atoms with Crippen LogP contribution < -0.4 is 0 Å². The lowest BCUT2D eigenvalue weighted by Gasteiger charge is -2.58. The maximum Gasteiger partial charge on any atom is 0.297 e. The van der Waals surface area contributed by atoms with Gasteiger partial charge in [0.05, 0.1) is 11.0 Å². The Labute approximate surface area is 239 Å². The van der Waals surface area contributed by atoms with Gasteiger partial charge in [-0.1, -0.05) is 83.0 Å². The van der Waals surface area contributed by atoms with Crippen molar-refractivity contribution in [3.63, 3.8) is 0 Å². The lowest BCUT2D eigenvalue weighted by Crippen LogP contribution is -2.50. The predicted octanol–water partition coefficient (Wildman–Crippen LogP) is 9.13. The van der Waals surface area contributed by atoms with Crippen LogP contribution in [0.1, 0.15) is 98.5 Å². The molecular weight excluding hydrogens is 500 g/mol. The summed E-state index contributed by atoms with van der Waals surface area (Å²) in [6.45, 7) is 16.5. The van der Waals surface area contributed by atoms with E-state index in [2.05, 4.69) is 59.8 Å². The summed E-state index contributed by atoms with van der Waals surface area (Å²) in [4.78, 5) is 0.275. The zero-order valence-corrected chi connectivity index (χ0v) is 26.3. The van der Waals surface area contributed by atoms with E-state index in [4.69, 9.17) is 4.18 Å². The summed E-state index contributed by atoms with van der Waals surface area (Å²) < 4.78 is 31.9. The average Bonchev–Trinajstić information content (AvgIpc) is 3.24. The second kappa shape index (κ2) is 10.8. The minimum absolute atomic E-state index is 0.213. The molecule has 4 aliphatic rings. The number of hydrogen-bond donors (Lipinski definition) is 0. The van der Waals surface area contributed by atoms with E-state index in [1.807, 2.05) is 19.1 Å². The van der Waals surface area contributed by atoms with Gasteiger partial charge in [0, 0.05) is 0 Å². The summed E-state index contributed by atoms with van der Waals surface area (Å²) >= 11 is 0. The molecule has 4 heteroatoms. The molecule has 7 unspecified atom stereocenters. The summed E-state index contributed by atoms with van der Waals surface area (Å²) in [6, 6.07) is 7.02. The van der Waals surface area contributed by atoms with Gasteiger partial charge < -0.3 is 0 Å². The van der Waals surface area contributed by atoms with Crippen LogP contribution in [0.4, 0.5) is 0 Å². The maximum atomic E-state index is 13.0. The van der Waals surface area contributed by atoms with Crippen molar-refractivity contribution < 1.29 is 12.6 Å². The number of benzene rings is 1. The molecule has 0 radical (unpaired) electrons. The molecule has 0 spiro atoms. The highest BCUT2D eigenvalue weighted by Crippen LogP contribution is 2.67. The highest BCUT2D eigenvalue weighted by molar-refractivity contribution is 7.86. The van der Waals surface area contributed by atoms with Gasteiger partial charge in [0.15, 0.2) is 0 Å². The van der Waals surface area contributed by atoms with Gasteiger partial charge in [-0.05, 0) is 123 Å². The molecule has 1 aromatic rings. The normalized spacial score (nSPS) is 38.2. The Morgan fingerprint density at radius 2 is 1.56 bits per heavy atom. The summed E-state index contributed by atoms with van der Waals surface area (Å²) in [5, 5.41) is 0. The largest absolute Gasteiger partial charge is 0.297 e. The second-order valence-corrected chi connectivity index (χ2v) is 16.2. The number of hydrogen-bond acceptors (Lipinski definition) is 3. The minimum atomic E-state index is -3.73. The molecule has 9 atom stereocenters. The van der Waals surface area contributed by atoms with Crippen LogP contribution in [0.15, 0.2) is 53.0 Å². The van der Waals surface area contributed by atoms with Crippen LogP contribution in [0.2, 0.25) is 0 Å². The Kier molecular flexibility index (Phi) is 8.05. The van der Waals surface area contributed by atoms with Crippen molar-refractivity contribution in [2.75, 3.05) is 0 Å². The van der Waals surface area contributed by atoms with E-state index in [9.17, 15) is 8.42 Å². The highest BCUT2D eigenvalue weighted by atomic mass is 32.2. The van der Waals surface area contributed by atoms with Crippen molar-refractivity contribution in [2.24, 2.45) is 52.3 Å². The molecule has 39 heavy (non-hydrogen) atoms. The number of rotatable bonds is 7. The van der Waals surface area contributed by atoms with Gasteiger partial charge in [-0.15, -0.1) is 0 Å². The van der Waals surface area contributed by atoms with Gasteiger partial charge in [0.25, 0.3) is 10.1 Å². The van der Waals surface area contributed by atoms with Crippen LogP contribution in [-0.2, 0) is 14.3 Å². The third-order valence-electron chi connectivity index (χ3n) is 12.1. The fourth-order valence-electron chi connectivity index (χ4n) is 9.11. The zero-order chi connectivity index (χ0) is 28.2. The van der Waals surface area contributed by atoms with Crippen LogP contribution in [0.5, 0.6) is 0 Å². The molecule has 3 nitrogen and oxygen atoms in total. The minimum Gasteiger partial charge on any atom is -0.263 e. The molecule has 0 saturated heterocycles. The molecule has 3 saturated carbocycles. The summed E-state index contributed by atoms with van der Waals surface area (Å²) in [5.74, 6) is 4.59. The van der Waals surface area contributed by atoms with Crippen LogP contribution in [0.3, 0.4) is 0 Å². The van der Waals surface area contributed by atoms with E-state index in [1.54, 1.807) is 17.7 Å². The lowest BCUT2D eigenvalue weighted by molar-refractivity contribution is -0.0339. The Hall–Kier alpha value is -1.39. The molecule has 0 bridgehead atoms. The molecule has 0 aliphatic heterocycles. The first-order chi connectivity index (χ1) is 18.3. The highest BCUT2D eigenvalue weighted by Gasteiger charge is 2.58. The molecule has 0 N–H and O–H groups in total. The Bertz CT molecular complexity index is 1190. The van der Waals surface area contributed by atoms with Crippen molar-refractivity contribution in [3.05, 3.63) is 53.6 Å². The molecule has 0 amide bonds. The van der Waals surface area contributed by atoms with Gasteiger partial charge in [0.2, 0.25) is 0 Å². The predicted molar refractivity (Wildman–Crippen MR) is 161 cm³/mol. The molecule has 0 aromatic heterocycles. The third-order valence-corrected chi connectivity index (χ3v) is 13.5. The first-order valence-electron chi connectivity index (χ1n) is 15.7. The quantitative estimate of drug-likeness (QED) is 0.250. The number of fused-ring (bicyclic) bond motifs is 5. The van der Waals surface area contributed by atoms with Gasteiger partial charge in [0.1, 0.15) is 0 Å². The summed E-state index contributed by atoms with van der Waals surface area (Å²) in [5.41, 5.74) is 3.48. The van der Waals surface area contributed by atoms with E-state index in [0.29, 0.717) is 40.9 Å². The van der Waals surface area contributed by atoms with Crippen LogP contribution in [0, 0.1) is 59.2 Å². The lowest BCUT2D eigenvalue weighted by atomic mass is 9.47. The SMILES string of the molecule is Cc1ccc(S(=O)(=O)OC2CCC3(C)C(CC=C4C3CCC3(C)C4CCC3[C@H](C)/C=C/[C@H](C)C(C)C)C2)cc1. The maximum absolute atomic E-state index is 13.0. The average molecular weight is 553 g/mol. The van der Waals surface area contributed by atoms with Crippen LogP contribution in [0.25, 0.3) is 0 Å². The van der Waals surface area contributed by atoms with Crippen molar-refractivity contribution in [2.45, 2.75) is 111 Å². The van der Waals surface area contributed by atoms with Crippen molar-refractivity contribution in [1.29, 1.82) is 0 Å². The Morgan fingerprint density at radius 1 is 0.897 bits per heavy atom. The van der Waals surface area contributed by atoms with E-state index < -0.39 is 10.1 Å². The monoisotopic (exact) mass is 552 g/mol. The summed E-state index contributed by atoms with van der Waals surface area (Å²) in [7, 11) is -3.73. The molecule has 5 rings (SSSR count). The van der Waals surface area contributed by atoms with Crippen molar-refractivity contribution >= 4 is 10.1 Å². The van der Waals surface area contributed by atoms with E-state index in [0.717, 1.165) is 37.2 Å². The van der Waals surface area contributed by atoms with E-state index >= 15 is 0 Å². The van der Waals surface area contributed by atoms with Crippen molar-refractivity contribution in [1.82, 2.24) is 0 Å². The standard InChI is InChI=1S/C35H52O3S/c1-23(2)25(4)10-11-26(5)31-16-17-32-30-15-12-27-22-28(38-39(36,37)29-13-8-24(3)9-14-29)18-20-34(27,6)33(30)19-21-35(31,32)7/h8-11,13-15,23,25-28,31-33H,12,16-22H2,1-7H3/b11-10+/t25-,26+,27?,28?,31?,32?,33?,34?,35?/m0/s1.